The maximum Gasteiger partial charge on any atom is 0.408 e. The number of nitrogens with zero attached hydrogens (tertiary/aromatic N) is 4. The average molecular weight is 353 g/mol. The van der Waals surface area contributed by atoms with Crippen LogP contribution in [0.15, 0.2) is 21.8 Å². The Labute approximate surface area is 118 Å². The number of aromatic nitrogens is 5. The summed E-state index contributed by atoms with van der Waals surface area (Å²) in [5.74, 6) is 0.511. The molecule has 0 unspecified atom stereocenters. The number of hydrogen-bond donors (Lipinski definition) is 2. The van der Waals surface area contributed by atoms with Crippen molar-refractivity contribution >= 4 is 21.6 Å². The van der Waals surface area contributed by atoms with Gasteiger partial charge in [-0.2, -0.15) is 23.4 Å². The van der Waals surface area contributed by atoms with E-state index in [-0.39, 0.29) is 16.7 Å². The van der Waals surface area contributed by atoms with Crippen LogP contribution < -0.4 is 10.9 Å². The molecule has 0 aliphatic rings. The molecular weight excluding hydrogens is 345 g/mol. The quantitative estimate of drug-likeness (QED) is 0.865. The van der Waals surface area contributed by atoms with Crippen molar-refractivity contribution in [1.29, 1.82) is 0 Å². The maximum atomic E-state index is 12.2. The molecule has 0 aromatic carbocycles. The minimum atomic E-state index is -4.51. The lowest BCUT2D eigenvalue weighted by Gasteiger charge is -2.11. The summed E-state index contributed by atoms with van der Waals surface area (Å²) in [5.41, 5.74) is -0.602. The second kappa shape index (κ2) is 5.61. The molecule has 7 nitrogen and oxygen atoms in total. The van der Waals surface area contributed by atoms with Gasteiger partial charge in [0, 0.05) is 0 Å². The fourth-order valence-corrected chi connectivity index (χ4v) is 1.81. The molecule has 0 bridgehead atoms. The average Bonchev–Trinajstić information content (AvgIpc) is 2.86. The summed E-state index contributed by atoms with van der Waals surface area (Å²) in [7, 11) is 0. The van der Waals surface area contributed by atoms with Gasteiger partial charge in [0.25, 0.3) is 5.56 Å². The van der Waals surface area contributed by atoms with Gasteiger partial charge < -0.3 is 5.32 Å². The van der Waals surface area contributed by atoms with Crippen molar-refractivity contribution in [1.82, 2.24) is 25.0 Å². The van der Waals surface area contributed by atoms with Crippen LogP contribution in [0.4, 0.5) is 18.9 Å². The first-order valence-corrected chi connectivity index (χ1v) is 6.06. The third-order valence-corrected chi connectivity index (χ3v) is 2.99. The topological polar surface area (TPSA) is 88.5 Å². The van der Waals surface area contributed by atoms with Gasteiger partial charge in [-0.3, -0.25) is 9.89 Å². The van der Waals surface area contributed by atoms with Crippen LogP contribution in [0, 0.1) is 0 Å². The zero-order valence-electron chi connectivity index (χ0n) is 9.78. The fourth-order valence-electron chi connectivity index (χ4n) is 1.37. The van der Waals surface area contributed by atoms with Crippen LogP contribution in [-0.4, -0.2) is 31.1 Å². The summed E-state index contributed by atoms with van der Waals surface area (Å²) >= 11 is 2.95. The maximum absolute atomic E-state index is 12.2. The van der Waals surface area contributed by atoms with Crippen molar-refractivity contribution in [3.63, 3.8) is 0 Å². The molecule has 0 aliphatic carbocycles. The Hall–Kier alpha value is -1.91. The molecule has 0 spiro atoms. The molecule has 0 fully saturated rings. The highest BCUT2D eigenvalue weighted by molar-refractivity contribution is 9.10. The van der Waals surface area contributed by atoms with Crippen molar-refractivity contribution in [3.05, 3.63) is 33.2 Å². The molecule has 0 aliphatic heterocycles. The van der Waals surface area contributed by atoms with Crippen LogP contribution >= 0.6 is 15.9 Å². The zero-order chi connectivity index (χ0) is 14.8. The Morgan fingerprint density at radius 1 is 1.45 bits per heavy atom. The number of hydrogen-bond acceptors (Lipinski definition) is 5. The lowest BCUT2D eigenvalue weighted by atomic mass is 10.4. The summed E-state index contributed by atoms with van der Waals surface area (Å²) in [5, 5.41) is 12.5. The number of nitrogens with one attached hydrogen (secondary N) is 2. The number of rotatable bonds is 4. The molecule has 0 saturated carbocycles. The number of aromatic amines is 1. The van der Waals surface area contributed by atoms with Gasteiger partial charge >= 0.3 is 6.18 Å². The summed E-state index contributed by atoms with van der Waals surface area (Å²) in [6.07, 6.45) is -2.07. The number of alkyl halides is 3. The molecule has 2 heterocycles. The largest absolute Gasteiger partial charge is 0.408 e. The highest BCUT2D eigenvalue weighted by Crippen LogP contribution is 2.19. The van der Waals surface area contributed by atoms with E-state index in [2.05, 4.69) is 41.5 Å². The van der Waals surface area contributed by atoms with E-state index in [9.17, 15) is 18.0 Å². The smallest absolute Gasteiger partial charge is 0.375 e. The van der Waals surface area contributed by atoms with Crippen LogP contribution in [0.5, 0.6) is 0 Å². The van der Waals surface area contributed by atoms with Gasteiger partial charge in [0.05, 0.1) is 18.4 Å². The van der Waals surface area contributed by atoms with Gasteiger partial charge in [-0.1, -0.05) is 0 Å². The first-order chi connectivity index (χ1) is 9.37. The molecule has 20 heavy (non-hydrogen) atoms. The molecule has 108 valence electrons. The Morgan fingerprint density at radius 2 is 2.20 bits per heavy atom. The third kappa shape index (κ3) is 3.56. The standard InChI is InChI=1S/C9H8BrF3N6O/c10-7-5(14-2-6-15-4-16-18-6)1-17-19(8(7)20)3-9(11,12)13/h1,4,14H,2-3H2,(H,15,16,18). The van der Waals surface area contributed by atoms with E-state index in [1.54, 1.807) is 0 Å². The summed E-state index contributed by atoms with van der Waals surface area (Å²) in [4.78, 5) is 15.6. The van der Waals surface area contributed by atoms with E-state index < -0.39 is 18.3 Å². The van der Waals surface area contributed by atoms with E-state index in [1.807, 2.05) is 0 Å². The number of anilines is 1. The number of halogens is 4. The van der Waals surface area contributed by atoms with Crippen LogP contribution in [0.1, 0.15) is 5.82 Å². The van der Waals surface area contributed by atoms with Crippen molar-refractivity contribution < 1.29 is 13.2 Å². The van der Waals surface area contributed by atoms with Gasteiger partial charge in [0.1, 0.15) is 23.2 Å². The van der Waals surface area contributed by atoms with Crippen LogP contribution in [0.3, 0.4) is 0 Å². The van der Waals surface area contributed by atoms with Crippen LogP contribution in [0.2, 0.25) is 0 Å². The Kier molecular flexibility index (Phi) is 4.06. The van der Waals surface area contributed by atoms with E-state index in [4.69, 9.17) is 0 Å². The fraction of sp³-hybridized carbons (Fsp3) is 0.333. The first kappa shape index (κ1) is 14.5. The molecule has 0 radical (unpaired) electrons. The van der Waals surface area contributed by atoms with Gasteiger partial charge in [-0.05, 0) is 15.9 Å². The third-order valence-electron chi connectivity index (χ3n) is 2.23. The molecule has 11 heteroatoms. The molecule has 0 saturated heterocycles. The second-order valence-corrected chi connectivity index (χ2v) is 4.53. The van der Waals surface area contributed by atoms with Crippen LogP contribution in [-0.2, 0) is 13.1 Å². The molecule has 2 rings (SSSR count). The predicted molar refractivity (Wildman–Crippen MR) is 66.0 cm³/mol. The monoisotopic (exact) mass is 352 g/mol. The molecule has 2 aromatic heterocycles. The second-order valence-electron chi connectivity index (χ2n) is 3.74. The lowest BCUT2D eigenvalue weighted by Crippen LogP contribution is -2.31. The van der Waals surface area contributed by atoms with E-state index in [1.165, 1.54) is 6.33 Å². The highest BCUT2D eigenvalue weighted by atomic mass is 79.9. The van der Waals surface area contributed by atoms with Gasteiger partial charge in [-0.25, -0.2) is 9.67 Å². The minimum absolute atomic E-state index is 0.0312. The molecular formula is C9H8BrF3N6O. The Balaban J connectivity index is 2.16. The van der Waals surface area contributed by atoms with Gasteiger partial charge in [0.2, 0.25) is 0 Å². The van der Waals surface area contributed by atoms with Gasteiger partial charge in [-0.15, -0.1) is 0 Å². The van der Waals surface area contributed by atoms with E-state index in [0.29, 0.717) is 10.5 Å². The summed E-state index contributed by atoms with van der Waals surface area (Å²) < 4.78 is 37.0. The lowest BCUT2D eigenvalue weighted by molar-refractivity contribution is -0.143. The minimum Gasteiger partial charge on any atom is -0.375 e. The first-order valence-electron chi connectivity index (χ1n) is 5.27. The van der Waals surface area contributed by atoms with Crippen molar-refractivity contribution in [2.75, 3.05) is 5.32 Å². The molecule has 2 aromatic rings. The zero-order valence-corrected chi connectivity index (χ0v) is 11.4. The number of H-pyrrole nitrogens is 1. The predicted octanol–water partition coefficient (Wildman–Crippen LogP) is 1.30. The van der Waals surface area contributed by atoms with E-state index >= 15 is 0 Å². The molecule has 0 atom stereocenters. The molecule has 2 N–H and O–H groups in total. The highest BCUT2D eigenvalue weighted by Gasteiger charge is 2.29. The SMILES string of the molecule is O=c1c(Br)c(NCc2ncn[nH]2)cnn1CC(F)(F)F. The Morgan fingerprint density at radius 3 is 2.80 bits per heavy atom. The summed E-state index contributed by atoms with van der Waals surface area (Å²) in [6, 6.07) is 0. The van der Waals surface area contributed by atoms with Gasteiger partial charge in [0.15, 0.2) is 0 Å². The van der Waals surface area contributed by atoms with Crippen molar-refractivity contribution in [3.8, 4) is 0 Å². The molecule has 0 amide bonds. The van der Waals surface area contributed by atoms with E-state index in [0.717, 1.165) is 6.20 Å². The van der Waals surface area contributed by atoms with Crippen molar-refractivity contribution in [2.45, 2.75) is 19.3 Å². The van der Waals surface area contributed by atoms with Crippen LogP contribution in [0.25, 0.3) is 0 Å². The van der Waals surface area contributed by atoms with Crippen molar-refractivity contribution in [2.24, 2.45) is 0 Å². The summed E-state index contributed by atoms with van der Waals surface area (Å²) in [6.45, 7) is -1.21. The Bertz CT molecular complexity index is 638. The normalized spacial score (nSPS) is 11.6.